The lowest BCUT2D eigenvalue weighted by Gasteiger charge is -1.97. The van der Waals surface area contributed by atoms with E-state index in [1.807, 2.05) is 36.4 Å². The van der Waals surface area contributed by atoms with E-state index < -0.39 is 0 Å². The van der Waals surface area contributed by atoms with Crippen LogP contribution in [0.5, 0.6) is 5.75 Å². The van der Waals surface area contributed by atoms with Crippen molar-refractivity contribution >= 4 is 11.0 Å². The second-order valence-corrected chi connectivity index (χ2v) is 3.76. The van der Waals surface area contributed by atoms with Crippen molar-refractivity contribution in [1.82, 2.24) is 4.98 Å². The molecule has 0 fully saturated rings. The van der Waals surface area contributed by atoms with Crippen molar-refractivity contribution < 1.29 is 9.15 Å². The van der Waals surface area contributed by atoms with Gasteiger partial charge in [0, 0.05) is 29.4 Å². The molecule has 0 atom stereocenters. The van der Waals surface area contributed by atoms with Gasteiger partial charge in [-0.1, -0.05) is 0 Å². The molecule has 0 aliphatic carbocycles. The van der Waals surface area contributed by atoms with Gasteiger partial charge in [-0.25, -0.2) is 0 Å². The first kappa shape index (κ1) is 9.90. The average molecular weight is 225 g/mol. The van der Waals surface area contributed by atoms with Gasteiger partial charge in [-0.15, -0.1) is 0 Å². The molecular weight excluding hydrogens is 214 g/mol. The summed E-state index contributed by atoms with van der Waals surface area (Å²) in [6, 6.07) is 11.7. The molecule has 0 N–H and O–H groups in total. The Bertz CT molecular complexity index is 644. The van der Waals surface area contributed by atoms with Gasteiger partial charge in [-0.3, -0.25) is 4.98 Å². The van der Waals surface area contributed by atoms with Crippen molar-refractivity contribution in [3.05, 3.63) is 48.8 Å². The molecule has 2 aromatic heterocycles. The lowest BCUT2D eigenvalue weighted by Crippen LogP contribution is -1.79. The van der Waals surface area contributed by atoms with Gasteiger partial charge < -0.3 is 9.15 Å². The topological polar surface area (TPSA) is 35.3 Å². The van der Waals surface area contributed by atoms with Crippen LogP contribution in [0, 0.1) is 0 Å². The van der Waals surface area contributed by atoms with Gasteiger partial charge in [0.15, 0.2) is 0 Å². The molecule has 0 unspecified atom stereocenters. The Labute approximate surface area is 98.7 Å². The normalized spacial score (nSPS) is 10.6. The van der Waals surface area contributed by atoms with Crippen LogP contribution < -0.4 is 4.74 Å². The van der Waals surface area contributed by atoms with Crippen LogP contribution in [-0.2, 0) is 0 Å². The van der Waals surface area contributed by atoms with Crippen LogP contribution in [-0.4, -0.2) is 12.1 Å². The van der Waals surface area contributed by atoms with Crippen LogP contribution in [0.4, 0.5) is 0 Å². The van der Waals surface area contributed by atoms with E-state index in [2.05, 4.69) is 4.98 Å². The molecule has 3 heteroatoms. The van der Waals surface area contributed by atoms with E-state index in [9.17, 15) is 0 Å². The summed E-state index contributed by atoms with van der Waals surface area (Å²) in [5, 5.41) is 1.06. The van der Waals surface area contributed by atoms with Crippen LogP contribution in [0.3, 0.4) is 0 Å². The molecule has 17 heavy (non-hydrogen) atoms. The first-order valence-electron chi connectivity index (χ1n) is 5.35. The summed E-state index contributed by atoms with van der Waals surface area (Å²) in [6.07, 6.45) is 3.53. The molecule has 0 aliphatic rings. The van der Waals surface area contributed by atoms with Gasteiger partial charge in [0.05, 0.1) is 7.11 Å². The van der Waals surface area contributed by atoms with Crippen molar-refractivity contribution in [3.8, 4) is 17.1 Å². The fraction of sp³-hybridized carbons (Fsp3) is 0.0714. The van der Waals surface area contributed by atoms with Gasteiger partial charge in [-0.2, -0.15) is 0 Å². The first-order chi connectivity index (χ1) is 8.36. The number of benzene rings is 1. The highest BCUT2D eigenvalue weighted by Crippen LogP contribution is 2.29. The maximum absolute atomic E-state index is 5.78. The minimum atomic E-state index is 0.796. The van der Waals surface area contributed by atoms with Crippen LogP contribution in [0.1, 0.15) is 0 Å². The van der Waals surface area contributed by atoms with Gasteiger partial charge >= 0.3 is 0 Å². The molecule has 0 radical (unpaired) electrons. The van der Waals surface area contributed by atoms with Gasteiger partial charge in [-0.05, 0) is 30.3 Å². The highest BCUT2D eigenvalue weighted by molar-refractivity contribution is 5.83. The number of furan rings is 1. The molecular formula is C14H11NO2. The maximum Gasteiger partial charge on any atom is 0.138 e. The van der Waals surface area contributed by atoms with Gasteiger partial charge in [0.2, 0.25) is 0 Å². The van der Waals surface area contributed by atoms with E-state index in [1.165, 1.54) is 0 Å². The van der Waals surface area contributed by atoms with E-state index in [0.29, 0.717) is 0 Å². The molecule has 0 saturated carbocycles. The zero-order valence-corrected chi connectivity index (χ0v) is 9.38. The molecule has 3 aromatic rings. The fourth-order valence-electron chi connectivity index (χ4n) is 1.79. The lowest BCUT2D eigenvalue weighted by molar-refractivity contribution is 0.414. The van der Waals surface area contributed by atoms with Crippen LogP contribution in [0.2, 0.25) is 0 Å². The predicted molar refractivity (Wildman–Crippen MR) is 66.0 cm³/mol. The molecule has 1 aromatic carbocycles. The number of pyridine rings is 1. The standard InChI is InChI=1S/C14H11NO2/c1-16-12-5-4-10-7-13(17-14(10)8-12)11-3-2-6-15-9-11/h2-9H,1H3. The zero-order valence-electron chi connectivity index (χ0n) is 9.38. The monoisotopic (exact) mass is 225 g/mol. The van der Waals surface area contributed by atoms with Crippen LogP contribution >= 0.6 is 0 Å². The number of aromatic nitrogens is 1. The van der Waals surface area contributed by atoms with E-state index in [4.69, 9.17) is 9.15 Å². The Kier molecular flexibility index (Phi) is 2.29. The molecule has 0 saturated heterocycles. The lowest BCUT2D eigenvalue weighted by atomic mass is 10.2. The summed E-state index contributed by atoms with van der Waals surface area (Å²) >= 11 is 0. The SMILES string of the molecule is COc1ccc2cc(-c3cccnc3)oc2c1. The van der Waals surface area contributed by atoms with Crippen LogP contribution in [0.15, 0.2) is 53.2 Å². The van der Waals surface area contributed by atoms with E-state index in [-0.39, 0.29) is 0 Å². The Hall–Kier alpha value is -2.29. The number of rotatable bonds is 2. The number of ether oxygens (including phenoxy) is 1. The predicted octanol–water partition coefficient (Wildman–Crippen LogP) is 3.50. The largest absolute Gasteiger partial charge is 0.497 e. The third-order valence-electron chi connectivity index (χ3n) is 2.67. The summed E-state index contributed by atoms with van der Waals surface area (Å²) in [5.41, 5.74) is 1.80. The molecule has 0 amide bonds. The minimum absolute atomic E-state index is 0.796. The summed E-state index contributed by atoms with van der Waals surface area (Å²) in [5.74, 6) is 1.62. The van der Waals surface area contributed by atoms with Gasteiger partial charge in [0.1, 0.15) is 17.1 Å². The Morgan fingerprint density at radius 2 is 2.12 bits per heavy atom. The van der Waals surface area contributed by atoms with E-state index in [0.717, 1.165) is 28.0 Å². The summed E-state index contributed by atoms with van der Waals surface area (Å²) in [4.78, 5) is 4.08. The second kappa shape index (κ2) is 3.94. The van der Waals surface area contributed by atoms with E-state index >= 15 is 0 Å². The number of methoxy groups -OCH3 is 1. The molecule has 3 rings (SSSR count). The van der Waals surface area contributed by atoms with Crippen LogP contribution in [0.25, 0.3) is 22.3 Å². The van der Waals surface area contributed by atoms with Crippen molar-refractivity contribution in [3.63, 3.8) is 0 Å². The summed E-state index contributed by atoms with van der Waals surface area (Å²) < 4.78 is 10.9. The maximum atomic E-state index is 5.78. The number of hydrogen-bond donors (Lipinski definition) is 0. The minimum Gasteiger partial charge on any atom is -0.497 e. The third-order valence-corrected chi connectivity index (χ3v) is 2.67. The van der Waals surface area contributed by atoms with Crippen molar-refractivity contribution in [1.29, 1.82) is 0 Å². The Morgan fingerprint density at radius 3 is 2.88 bits per heavy atom. The number of fused-ring (bicyclic) bond motifs is 1. The van der Waals surface area contributed by atoms with Crippen molar-refractivity contribution in [2.45, 2.75) is 0 Å². The molecule has 0 aliphatic heterocycles. The summed E-state index contributed by atoms with van der Waals surface area (Å²) in [6.45, 7) is 0. The second-order valence-electron chi connectivity index (χ2n) is 3.76. The highest BCUT2D eigenvalue weighted by Gasteiger charge is 2.06. The molecule has 84 valence electrons. The first-order valence-corrected chi connectivity index (χ1v) is 5.35. The number of hydrogen-bond acceptors (Lipinski definition) is 3. The van der Waals surface area contributed by atoms with E-state index in [1.54, 1.807) is 19.5 Å². The van der Waals surface area contributed by atoms with Crippen molar-refractivity contribution in [2.75, 3.05) is 7.11 Å². The fourth-order valence-corrected chi connectivity index (χ4v) is 1.79. The zero-order chi connectivity index (χ0) is 11.7. The van der Waals surface area contributed by atoms with Gasteiger partial charge in [0.25, 0.3) is 0 Å². The molecule has 2 heterocycles. The Balaban J connectivity index is 2.14. The number of nitrogens with zero attached hydrogens (tertiary/aromatic N) is 1. The average Bonchev–Trinajstić information content (AvgIpc) is 2.82. The smallest absolute Gasteiger partial charge is 0.138 e. The molecule has 3 nitrogen and oxygen atoms in total. The quantitative estimate of drug-likeness (QED) is 0.669. The summed E-state index contributed by atoms with van der Waals surface area (Å²) in [7, 11) is 1.64. The highest BCUT2D eigenvalue weighted by atomic mass is 16.5. The van der Waals surface area contributed by atoms with Crippen molar-refractivity contribution in [2.24, 2.45) is 0 Å². The third kappa shape index (κ3) is 1.76. The molecule has 0 bridgehead atoms. The Morgan fingerprint density at radius 1 is 1.18 bits per heavy atom. The molecule has 0 spiro atoms.